The number of carboxylic acid groups (broad SMARTS) is 1. The Kier molecular flexibility index (Phi) is 5.45. The molecule has 0 aromatic carbocycles. The van der Waals surface area contributed by atoms with Crippen molar-refractivity contribution in [2.75, 3.05) is 5.32 Å². The van der Waals surface area contributed by atoms with Crippen molar-refractivity contribution in [3.8, 4) is 12.3 Å². The summed E-state index contributed by atoms with van der Waals surface area (Å²) in [6, 6.07) is 0. The highest BCUT2D eigenvalue weighted by Gasteiger charge is 2.05. The summed E-state index contributed by atoms with van der Waals surface area (Å²) in [6.45, 7) is -0.224. The third-order valence-corrected chi connectivity index (χ3v) is 2.19. The molecule has 1 aromatic rings. The fourth-order valence-electron chi connectivity index (χ4n) is 1.39. The molecule has 0 aliphatic rings. The van der Waals surface area contributed by atoms with Crippen molar-refractivity contribution in [2.45, 2.75) is 32.2 Å². The zero-order valence-corrected chi connectivity index (χ0v) is 9.93. The number of unbranched alkanes of at least 4 members (excludes halogenated alkanes) is 2. The molecule has 0 saturated carbocycles. The molecule has 0 spiro atoms. The van der Waals surface area contributed by atoms with Gasteiger partial charge in [0.05, 0.1) is 11.9 Å². The molecule has 0 saturated heterocycles. The number of hydrogen-bond donors (Lipinski definition) is 2. The second kappa shape index (κ2) is 7.12. The van der Waals surface area contributed by atoms with Gasteiger partial charge < -0.3 is 10.4 Å². The second-order valence-corrected chi connectivity index (χ2v) is 3.78. The van der Waals surface area contributed by atoms with Gasteiger partial charge in [0.2, 0.25) is 5.91 Å². The van der Waals surface area contributed by atoms with Crippen LogP contribution in [0.3, 0.4) is 0 Å². The number of amides is 1. The van der Waals surface area contributed by atoms with Crippen LogP contribution in [-0.2, 0) is 16.1 Å². The molecular formula is C12H15N3O3. The van der Waals surface area contributed by atoms with E-state index in [1.807, 2.05) is 0 Å². The summed E-state index contributed by atoms with van der Waals surface area (Å²) in [4.78, 5) is 21.9. The van der Waals surface area contributed by atoms with Gasteiger partial charge in [-0.05, 0) is 12.8 Å². The Balaban J connectivity index is 2.33. The quantitative estimate of drug-likeness (QED) is 0.560. The van der Waals surface area contributed by atoms with Crippen LogP contribution in [0.5, 0.6) is 0 Å². The number of hydrogen-bond acceptors (Lipinski definition) is 3. The van der Waals surface area contributed by atoms with E-state index in [0.717, 1.165) is 12.8 Å². The summed E-state index contributed by atoms with van der Waals surface area (Å²) < 4.78 is 1.25. The topological polar surface area (TPSA) is 84.2 Å². The van der Waals surface area contributed by atoms with Gasteiger partial charge in [-0.15, -0.1) is 12.3 Å². The van der Waals surface area contributed by atoms with Gasteiger partial charge in [0, 0.05) is 19.0 Å². The van der Waals surface area contributed by atoms with Crippen LogP contribution in [0.25, 0.3) is 0 Å². The van der Waals surface area contributed by atoms with Crippen molar-refractivity contribution in [1.29, 1.82) is 0 Å². The average Bonchev–Trinajstić information content (AvgIpc) is 2.71. The number of nitrogens with zero attached hydrogens (tertiary/aromatic N) is 2. The van der Waals surface area contributed by atoms with Crippen LogP contribution in [0.2, 0.25) is 0 Å². The fraction of sp³-hybridized carbons (Fsp3) is 0.417. The maximum atomic E-state index is 11.5. The van der Waals surface area contributed by atoms with Crippen molar-refractivity contribution < 1.29 is 14.7 Å². The van der Waals surface area contributed by atoms with Crippen molar-refractivity contribution in [2.24, 2.45) is 0 Å². The Morgan fingerprint density at radius 2 is 2.28 bits per heavy atom. The lowest BCUT2D eigenvalue weighted by molar-refractivity contribution is -0.137. The first kappa shape index (κ1) is 13.8. The maximum Gasteiger partial charge on any atom is 0.325 e. The number of nitrogens with one attached hydrogen (secondary N) is 1. The number of terminal acetylenes is 1. The van der Waals surface area contributed by atoms with Crippen LogP contribution in [0.15, 0.2) is 12.4 Å². The zero-order valence-electron chi connectivity index (χ0n) is 9.93. The van der Waals surface area contributed by atoms with Crippen LogP contribution in [0, 0.1) is 12.3 Å². The van der Waals surface area contributed by atoms with Crippen molar-refractivity contribution in [3.05, 3.63) is 12.4 Å². The number of carbonyl (C=O) groups is 2. The lowest BCUT2D eigenvalue weighted by Gasteiger charge is -2.01. The van der Waals surface area contributed by atoms with Gasteiger partial charge in [-0.2, -0.15) is 5.10 Å². The molecule has 18 heavy (non-hydrogen) atoms. The molecule has 96 valence electrons. The Hall–Kier alpha value is -2.29. The predicted octanol–water partition coefficient (Wildman–Crippen LogP) is 1.10. The van der Waals surface area contributed by atoms with Crippen molar-refractivity contribution >= 4 is 17.6 Å². The van der Waals surface area contributed by atoms with Crippen molar-refractivity contribution in [1.82, 2.24) is 9.78 Å². The van der Waals surface area contributed by atoms with Gasteiger partial charge >= 0.3 is 5.97 Å². The minimum atomic E-state index is -0.981. The molecule has 0 atom stereocenters. The predicted molar refractivity (Wildman–Crippen MR) is 65.8 cm³/mol. The third kappa shape index (κ3) is 5.16. The van der Waals surface area contributed by atoms with Crippen LogP contribution in [-0.4, -0.2) is 26.8 Å². The summed E-state index contributed by atoms with van der Waals surface area (Å²) in [7, 11) is 0. The molecule has 0 aliphatic heterocycles. The Labute approximate surface area is 105 Å². The van der Waals surface area contributed by atoms with E-state index >= 15 is 0 Å². The van der Waals surface area contributed by atoms with E-state index in [9.17, 15) is 9.59 Å². The molecule has 1 rings (SSSR count). The highest BCUT2D eigenvalue weighted by molar-refractivity contribution is 5.90. The van der Waals surface area contributed by atoms with Gasteiger partial charge in [0.25, 0.3) is 0 Å². The third-order valence-electron chi connectivity index (χ3n) is 2.19. The molecule has 0 fully saturated rings. The summed E-state index contributed by atoms with van der Waals surface area (Å²) in [5, 5.41) is 15.0. The van der Waals surface area contributed by atoms with Gasteiger partial charge in [-0.1, -0.05) is 0 Å². The lowest BCUT2D eigenvalue weighted by atomic mass is 10.2. The second-order valence-electron chi connectivity index (χ2n) is 3.78. The number of aliphatic carboxylic acids is 1. The van der Waals surface area contributed by atoms with Gasteiger partial charge in [-0.3, -0.25) is 14.3 Å². The molecule has 2 N–H and O–H groups in total. The first-order valence-corrected chi connectivity index (χ1v) is 5.59. The van der Waals surface area contributed by atoms with E-state index in [0.29, 0.717) is 18.5 Å². The maximum absolute atomic E-state index is 11.5. The monoisotopic (exact) mass is 249 g/mol. The van der Waals surface area contributed by atoms with Crippen LogP contribution >= 0.6 is 0 Å². The molecule has 0 unspecified atom stereocenters. The molecule has 1 amide bonds. The average molecular weight is 249 g/mol. The van der Waals surface area contributed by atoms with Crippen molar-refractivity contribution in [3.63, 3.8) is 0 Å². The number of rotatable bonds is 7. The number of aromatic nitrogens is 2. The Morgan fingerprint density at radius 1 is 1.50 bits per heavy atom. The van der Waals surface area contributed by atoms with Crippen LogP contribution < -0.4 is 5.32 Å². The normalized spacial score (nSPS) is 9.72. The SMILES string of the molecule is C#CCCCCC(=O)Nc1cnn(CC(=O)O)c1. The van der Waals surface area contributed by atoms with Gasteiger partial charge in [0.1, 0.15) is 6.54 Å². The summed E-state index contributed by atoms with van der Waals surface area (Å²) in [5.74, 6) is 1.41. The van der Waals surface area contributed by atoms with E-state index in [1.165, 1.54) is 17.1 Å². The smallest absolute Gasteiger partial charge is 0.325 e. The number of anilines is 1. The van der Waals surface area contributed by atoms with E-state index in [4.69, 9.17) is 11.5 Å². The first-order valence-electron chi connectivity index (χ1n) is 5.59. The van der Waals surface area contributed by atoms with E-state index in [-0.39, 0.29) is 12.5 Å². The minimum absolute atomic E-state index is 0.123. The Morgan fingerprint density at radius 3 is 2.94 bits per heavy atom. The Bertz CT molecular complexity index is 459. The van der Waals surface area contributed by atoms with Crippen LogP contribution in [0.1, 0.15) is 25.7 Å². The molecule has 1 heterocycles. The molecule has 0 radical (unpaired) electrons. The van der Waals surface area contributed by atoms with Gasteiger partial charge in [-0.25, -0.2) is 0 Å². The molecule has 6 heteroatoms. The first-order chi connectivity index (χ1) is 8.61. The summed E-state index contributed by atoms with van der Waals surface area (Å²) in [5.41, 5.74) is 0.498. The largest absolute Gasteiger partial charge is 0.480 e. The number of carbonyl (C=O) groups excluding carboxylic acids is 1. The zero-order chi connectivity index (χ0) is 13.4. The minimum Gasteiger partial charge on any atom is -0.480 e. The molecule has 6 nitrogen and oxygen atoms in total. The summed E-state index contributed by atoms with van der Waals surface area (Å²) >= 11 is 0. The molecular weight excluding hydrogens is 234 g/mol. The fourth-order valence-corrected chi connectivity index (χ4v) is 1.39. The van der Waals surface area contributed by atoms with E-state index < -0.39 is 5.97 Å². The molecule has 0 bridgehead atoms. The highest BCUT2D eigenvalue weighted by Crippen LogP contribution is 2.07. The standard InChI is InChI=1S/C12H15N3O3/c1-2-3-4-5-6-11(16)14-10-7-13-15(8-10)9-12(17)18/h1,7-8H,3-6,9H2,(H,14,16)(H,17,18). The number of carboxylic acids is 1. The lowest BCUT2D eigenvalue weighted by Crippen LogP contribution is -2.11. The van der Waals surface area contributed by atoms with Crippen LogP contribution in [0.4, 0.5) is 5.69 Å². The highest BCUT2D eigenvalue weighted by atomic mass is 16.4. The molecule has 1 aromatic heterocycles. The van der Waals surface area contributed by atoms with Gasteiger partial charge in [0.15, 0.2) is 0 Å². The van der Waals surface area contributed by atoms with E-state index in [1.54, 1.807) is 0 Å². The van der Waals surface area contributed by atoms with E-state index in [2.05, 4.69) is 16.3 Å². The summed E-state index contributed by atoms with van der Waals surface area (Å²) in [6.07, 6.45) is 10.6. The molecule has 0 aliphatic carbocycles.